The molecule has 2 aromatic rings. The molecule has 0 aliphatic rings. The van der Waals surface area contributed by atoms with E-state index in [1.54, 1.807) is 43.5 Å². The molecular weight excluding hydrogens is 195 g/mol. The summed E-state index contributed by atoms with van der Waals surface area (Å²) >= 11 is 0. The molecule has 0 radical (unpaired) electrons. The molecule has 2 nitrogen and oxygen atoms in total. The first-order valence-electron chi connectivity index (χ1n) is 4.67. The molecule has 1 heterocycles. The number of benzene rings is 1. The standard InChI is InChI=1S/C12H11FO2/c1-9-4-2-6-11(12(9)13)15-8-10-5-3-7-14-10/h2-7H,8H2,1H3. The van der Waals surface area contributed by atoms with Crippen LogP contribution in [0, 0.1) is 12.7 Å². The summed E-state index contributed by atoms with van der Waals surface area (Å²) in [5.41, 5.74) is 0.576. The van der Waals surface area contributed by atoms with E-state index in [9.17, 15) is 4.39 Å². The molecule has 0 spiro atoms. The van der Waals surface area contributed by atoms with E-state index in [4.69, 9.17) is 9.15 Å². The molecule has 78 valence electrons. The van der Waals surface area contributed by atoms with Crippen molar-refractivity contribution in [1.82, 2.24) is 0 Å². The van der Waals surface area contributed by atoms with Gasteiger partial charge in [-0.15, -0.1) is 0 Å². The van der Waals surface area contributed by atoms with Crippen LogP contribution in [0.1, 0.15) is 11.3 Å². The molecule has 0 aliphatic carbocycles. The van der Waals surface area contributed by atoms with Crippen LogP contribution in [0.3, 0.4) is 0 Å². The zero-order valence-corrected chi connectivity index (χ0v) is 8.37. The van der Waals surface area contributed by atoms with Crippen LogP contribution in [0.4, 0.5) is 4.39 Å². The number of hydrogen-bond acceptors (Lipinski definition) is 2. The van der Waals surface area contributed by atoms with Gasteiger partial charge >= 0.3 is 0 Å². The zero-order chi connectivity index (χ0) is 10.7. The molecule has 15 heavy (non-hydrogen) atoms. The number of hydrogen-bond donors (Lipinski definition) is 0. The number of aryl methyl sites for hydroxylation is 1. The Morgan fingerprint density at radius 1 is 1.27 bits per heavy atom. The minimum atomic E-state index is -0.316. The Morgan fingerprint density at radius 3 is 2.87 bits per heavy atom. The monoisotopic (exact) mass is 206 g/mol. The van der Waals surface area contributed by atoms with E-state index >= 15 is 0 Å². The summed E-state index contributed by atoms with van der Waals surface area (Å²) in [5, 5.41) is 0. The van der Waals surface area contributed by atoms with Crippen LogP contribution in [-0.4, -0.2) is 0 Å². The lowest BCUT2D eigenvalue weighted by Crippen LogP contribution is -1.97. The first kappa shape index (κ1) is 9.77. The van der Waals surface area contributed by atoms with Crippen molar-refractivity contribution < 1.29 is 13.5 Å². The summed E-state index contributed by atoms with van der Waals surface area (Å²) in [5.74, 6) is 0.617. The molecule has 0 saturated heterocycles. The molecule has 0 bridgehead atoms. The van der Waals surface area contributed by atoms with Crippen molar-refractivity contribution in [3.63, 3.8) is 0 Å². The normalized spacial score (nSPS) is 10.3. The van der Waals surface area contributed by atoms with Gasteiger partial charge in [0.05, 0.1) is 6.26 Å². The smallest absolute Gasteiger partial charge is 0.167 e. The van der Waals surface area contributed by atoms with Gasteiger partial charge in [0.1, 0.15) is 12.4 Å². The molecule has 0 amide bonds. The fourth-order valence-electron chi connectivity index (χ4n) is 1.28. The van der Waals surface area contributed by atoms with Gasteiger partial charge in [-0.25, -0.2) is 4.39 Å². The maximum Gasteiger partial charge on any atom is 0.167 e. The third-order valence-corrected chi connectivity index (χ3v) is 2.11. The van der Waals surface area contributed by atoms with Crippen LogP contribution in [0.2, 0.25) is 0 Å². The summed E-state index contributed by atoms with van der Waals surface area (Å²) in [7, 11) is 0. The van der Waals surface area contributed by atoms with Crippen molar-refractivity contribution in [3.8, 4) is 5.75 Å². The van der Waals surface area contributed by atoms with Crippen molar-refractivity contribution in [2.75, 3.05) is 0 Å². The fraction of sp³-hybridized carbons (Fsp3) is 0.167. The highest BCUT2D eigenvalue weighted by Crippen LogP contribution is 2.20. The molecule has 0 fully saturated rings. The summed E-state index contributed by atoms with van der Waals surface area (Å²) in [4.78, 5) is 0. The number of halogens is 1. The van der Waals surface area contributed by atoms with Crippen molar-refractivity contribution in [2.24, 2.45) is 0 Å². The topological polar surface area (TPSA) is 22.4 Å². The van der Waals surface area contributed by atoms with Crippen LogP contribution in [0.15, 0.2) is 41.0 Å². The second-order valence-corrected chi connectivity index (χ2v) is 3.26. The van der Waals surface area contributed by atoms with Gasteiger partial charge in [0.15, 0.2) is 11.6 Å². The Morgan fingerprint density at radius 2 is 2.13 bits per heavy atom. The van der Waals surface area contributed by atoms with Gasteiger partial charge in [0.2, 0.25) is 0 Å². The number of rotatable bonds is 3. The molecule has 2 rings (SSSR count). The van der Waals surface area contributed by atoms with Crippen molar-refractivity contribution in [3.05, 3.63) is 53.7 Å². The Bertz CT molecular complexity index is 435. The molecule has 0 unspecified atom stereocenters. The van der Waals surface area contributed by atoms with Crippen molar-refractivity contribution in [2.45, 2.75) is 13.5 Å². The first-order valence-corrected chi connectivity index (χ1v) is 4.67. The predicted octanol–water partition coefficient (Wildman–Crippen LogP) is 3.31. The van der Waals surface area contributed by atoms with Crippen LogP contribution < -0.4 is 4.74 Å². The summed E-state index contributed by atoms with van der Waals surface area (Å²) in [6, 6.07) is 8.62. The Labute approximate surface area is 87.3 Å². The van der Waals surface area contributed by atoms with Crippen LogP contribution in [0.25, 0.3) is 0 Å². The van der Waals surface area contributed by atoms with Gasteiger partial charge in [-0.3, -0.25) is 0 Å². The third-order valence-electron chi connectivity index (χ3n) is 2.11. The van der Waals surface area contributed by atoms with Gasteiger partial charge in [0.25, 0.3) is 0 Å². The average molecular weight is 206 g/mol. The average Bonchev–Trinajstić information content (AvgIpc) is 2.73. The molecular formula is C12H11FO2. The number of furan rings is 1. The van der Waals surface area contributed by atoms with Gasteiger partial charge in [-0.2, -0.15) is 0 Å². The van der Waals surface area contributed by atoms with E-state index in [0.29, 0.717) is 11.3 Å². The highest BCUT2D eigenvalue weighted by molar-refractivity contribution is 5.30. The van der Waals surface area contributed by atoms with E-state index in [-0.39, 0.29) is 18.2 Å². The largest absolute Gasteiger partial charge is 0.483 e. The molecule has 1 aromatic carbocycles. The van der Waals surface area contributed by atoms with Crippen molar-refractivity contribution in [1.29, 1.82) is 0 Å². The molecule has 1 aromatic heterocycles. The molecule has 0 atom stereocenters. The van der Waals surface area contributed by atoms with Crippen LogP contribution >= 0.6 is 0 Å². The highest BCUT2D eigenvalue weighted by atomic mass is 19.1. The van der Waals surface area contributed by atoms with E-state index < -0.39 is 0 Å². The summed E-state index contributed by atoms with van der Waals surface area (Å²) in [6.07, 6.45) is 1.56. The summed E-state index contributed by atoms with van der Waals surface area (Å²) < 4.78 is 23.8. The second-order valence-electron chi connectivity index (χ2n) is 3.26. The van der Waals surface area contributed by atoms with Crippen LogP contribution in [-0.2, 0) is 6.61 Å². The quantitative estimate of drug-likeness (QED) is 0.768. The molecule has 0 N–H and O–H groups in total. The van der Waals surface area contributed by atoms with Crippen molar-refractivity contribution >= 4 is 0 Å². The lowest BCUT2D eigenvalue weighted by molar-refractivity contribution is 0.258. The third kappa shape index (κ3) is 2.18. The maximum absolute atomic E-state index is 13.5. The summed E-state index contributed by atoms with van der Waals surface area (Å²) in [6.45, 7) is 1.95. The fourth-order valence-corrected chi connectivity index (χ4v) is 1.28. The van der Waals surface area contributed by atoms with Gasteiger partial charge in [-0.1, -0.05) is 12.1 Å². The van der Waals surface area contributed by atoms with E-state index in [1.165, 1.54) is 0 Å². The highest BCUT2D eigenvalue weighted by Gasteiger charge is 2.06. The zero-order valence-electron chi connectivity index (χ0n) is 8.37. The molecule has 0 aliphatic heterocycles. The Kier molecular flexibility index (Phi) is 2.72. The maximum atomic E-state index is 13.5. The van der Waals surface area contributed by atoms with Crippen LogP contribution in [0.5, 0.6) is 5.75 Å². The minimum Gasteiger partial charge on any atom is -0.483 e. The SMILES string of the molecule is Cc1cccc(OCc2ccco2)c1F. The first-order chi connectivity index (χ1) is 7.27. The number of ether oxygens (including phenoxy) is 1. The predicted molar refractivity (Wildman–Crippen MR) is 54.2 cm³/mol. The van der Waals surface area contributed by atoms with E-state index in [0.717, 1.165) is 0 Å². The molecule has 3 heteroatoms. The Balaban J connectivity index is 2.08. The van der Waals surface area contributed by atoms with Gasteiger partial charge < -0.3 is 9.15 Å². The van der Waals surface area contributed by atoms with E-state index in [2.05, 4.69) is 0 Å². The minimum absolute atomic E-state index is 0.243. The van der Waals surface area contributed by atoms with Gasteiger partial charge in [0, 0.05) is 0 Å². The molecule has 0 saturated carbocycles. The van der Waals surface area contributed by atoms with E-state index in [1.807, 2.05) is 0 Å². The lowest BCUT2D eigenvalue weighted by Gasteiger charge is -2.06. The Hall–Kier alpha value is -1.77. The lowest BCUT2D eigenvalue weighted by atomic mass is 10.2. The van der Waals surface area contributed by atoms with Gasteiger partial charge in [-0.05, 0) is 30.7 Å². The second kappa shape index (κ2) is 4.17.